The number of carbonyl (C=O) groups is 1. The second-order valence-corrected chi connectivity index (χ2v) is 3.73. The maximum absolute atomic E-state index is 11.0. The summed E-state index contributed by atoms with van der Waals surface area (Å²) >= 11 is 0. The standard InChI is InChI=1S/C10H14O/c1-7(11)10-6-8-4-2-3-5-9(8)10/h6,8-9H,2-5H2,1H3. The molecule has 0 spiro atoms. The van der Waals surface area contributed by atoms with Crippen LogP contribution in [-0.4, -0.2) is 5.78 Å². The van der Waals surface area contributed by atoms with Gasteiger partial charge in [0.05, 0.1) is 0 Å². The summed E-state index contributed by atoms with van der Waals surface area (Å²) in [5.41, 5.74) is 1.12. The van der Waals surface area contributed by atoms with E-state index in [1.807, 2.05) is 0 Å². The highest BCUT2D eigenvalue weighted by Crippen LogP contribution is 2.44. The Hall–Kier alpha value is -0.590. The molecule has 1 saturated carbocycles. The highest BCUT2D eigenvalue weighted by molar-refractivity contribution is 5.95. The highest BCUT2D eigenvalue weighted by atomic mass is 16.1. The molecular formula is C10H14O. The molecule has 60 valence electrons. The molecule has 2 atom stereocenters. The molecule has 2 unspecified atom stereocenters. The van der Waals surface area contributed by atoms with E-state index >= 15 is 0 Å². The number of allylic oxidation sites excluding steroid dienone is 2. The smallest absolute Gasteiger partial charge is 0.155 e. The molecule has 0 aliphatic heterocycles. The van der Waals surface area contributed by atoms with Gasteiger partial charge < -0.3 is 0 Å². The van der Waals surface area contributed by atoms with E-state index in [1.165, 1.54) is 25.7 Å². The van der Waals surface area contributed by atoms with E-state index in [4.69, 9.17) is 0 Å². The lowest BCUT2D eigenvalue weighted by Gasteiger charge is -2.38. The summed E-state index contributed by atoms with van der Waals surface area (Å²) in [5.74, 6) is 1.72. The second-order valence-electron chi connectivity index (χ2n) is 3.73. The summed E-state index contributed by atoms with van der Waals surface area (Å²) in [6.45, 7) is 1.69. The van der Waals surface area contributed by atoms with E-state index in [2.05, 4.69) is 6.08 Å². The normalized spacial score (nSPS) is 35.2. The summed E-state index contributed by atoms with van der Waals surface area (Å²) < 4.78 is 0. The number of hydrogen-bond acceptors (Lipinski definition) is 1. The lowest BCUT2D eigenvalue weighted by atomic mass is 9.66. The maximum Gasteiger partial charge on any atom is 0.155 e. The Bertz CT molecular complexity index is 215. The Balaban J connectivity index is 2.11. The van der Waals surface area contributed by atoms with Crippen LogP contribution in [0.4, 0.5) is 0 Å². The van der Waals surface area contributed by atoms with Crippen molar-refractivity contribution in [2.45, 2.75) is 32.6 Å². The number of ketones is 1. The third-order valence-electron chi connectivity index (χ3n) is 3.02. The van der Waals surface area contributed by atoms with Gasteiger partial charge in [-0.3, -0.25) is 4.79 Å². The van der Waals surface area contributed by atoms with Gasteiger partial charge in [0.25, 0.3) is 0 Å². The quantitative estimate of drug-likeness (QED) is 0.560. The molecule has 0 aromatic carbocycles. The number of fused-ring (bicyclic) bond motifs is 1. The lowest BCUT2D eigenvalue weighted by molar-refractivity contribution is -0.114. The lowest BCUT2D eigenvalue weighted by Crippen LogP contribution is -2.31. The fourth-order valence-corrected chi connectivity index (χ4v) is 2.36. The highest BCUT2D eigenvalue weighted by Gasteiger charge is 2.35. The Labute approximate surface area is 67.5 Å². The maximum atomic E-state index is 11.0. The monoisotopic (exact) mass is 150 g/mol. The Morgan fingerprint density at radius 3 is 2.82 bits per heavy atom. The molecule has 2 aliphatic rings. The van der Waals surface area contributed by atoms with Crippen LogP contribution in [0.1, 0.15) is 32.6 Å². The van der Waals surface area contributed by atoms with Gasteiger partial charge >= 0.3 is 0 Å². The molecule has 0 saturated heterocycles. The molecular weight excluding hydrogens is 136 g/mol. The van der Waals surface area contributed by atoms with Gasteiger partial charge in [-0.05, 0) is 37.2 Å². The van der Waals surface area contributed by atoms with E-state index in [0.717, 1.165) is 11.5 Å². The van der Waals surface area contributed by atoms with Crippen molar-refractivity contribution in [2.75, 3.05) is 0 Å². The molecule has 0 aromatic heterocycles. The van der Waals surface area contributed by atoms with Gasteiger partial charge in [0.15, 0.2) is 5.78 Å². The first kappa shape index (κ1) is 7.08. The topological polar surface area (TPSA) is 17.1 Å². The van der Waals surface area contributed by atoms with E-state index in [1.54, 1.807) is 6.92 Å². The van der Waals surface area contributed by atoms with Crippen LogP contribution in [0.5, 0.6) is 0 Å². The molecule has 0 N–H and O–H groups in total. The first-order chi connectivity index (χ1) is 5.29. The van der Waals surface area contributed by atoms with E-state index < -0.39 is 0 Å². The van der Waals surface area contributed by atoms with Crippen LogP contribution in [0.2, 0.25) is 0 Å². The predicted octanol–water partition coefficient (Wildman–Crippen LogP) is 2.32. The van der Waals surface area contributed by atoms with Crippen molar-refractivity contribution < 1.29 is 4.79 Å². The molecule has 0 radical (unpaired) electrons. The van der Waals surface area contributed by atoms with Crippen LogP contribution in [0, 0.1) is 11.8 Å². The molecule has 0 aromatic rings. The molecule has 0 bridgehead atoms. The molecule has 1 fully saturated rings. The fraction of sp³-hybridized carbons (Fsp3) is 0.700. The number of carbonyl (C=O) groups excluding carboxylic acids is 1. The van der Waals surface area contributed by atoms with Gasteiger partial charge in [-0.2, -0.15) is 0 Å². The Morgan fingerprint density at radius 2 is 2.18 bits per heavy atom. The Morgan fingerprint density at radius 1 is 1.45 bits per heavy atom. The Kier molecular flexibility index (Phi) is 1.59. The summed E-state index contributed by atoms with van der Waals surface area (Å²) in [6.07, 6.45) is 7.46. The van der Waals surface area contributed by atoms with Crippen molar-refractivity contribution in [3.05, 3.63) is 11.6 Å². The molecule has 11 heavy (non-hydrogen) atoms. The summed E-state index contributed by atoms with van der Waals surface area (Å²) in [4.78, 5) is 11.0. The van der Waals surface area contributed by atoms with Crippen molar-refractivity contribution in [2.24, 2.45) is 11.8 Å². The van der Waals surface area contributed by atoms with Crippen LogP contribution in [-0.2, 0) is 4.79 Å². The number of rotatable bonds is 1. The average molecular weight is 150 g/mol. The van der Waals surface area contributed by atoms with Crippen LogP contribution in [0.25, 0.3) is 0 Å². The molecule has 1 nitrogen and oxygen atoms in total. The SMILES string of the molecule is CC(=O)C1=CC2CCCCC12. The fourth-order valence-electron chi connectivity index (χ4n) is 2.36. The molecule has 0 heterocycles. The zero-order valence-corrected chi connectivity index (χ0v) is 6.97. The third kappa shape index (κ3) is 1.03. The van der Waals surface area contributed by atoms with Crippen molar-refractivity contribution in [1.82, 2.24) is 0 Å². The van der Waals surface area contributed by atoms with Crippen molar-refractivity contribution in [3.63, 3.8) is 0 Å². The van der Waals surface area contributed by atoms with Gasteiger partial charge in [-0.25, -0.2) is 0 Å². The summed E-state index contributed by atoms with van der Waals surface area (Å²) in [7, 11) is 0. The van der Waals surface area contributed by atoms with Crippen molar-refractivity contribution >= 4 is 5.78 Å². The van der Waals surface area contributed by atoms with Gasteiger partial charge in [-0.15, -0.1) is 0 Å². The zero-order valence-electron chi connectivity index (χ0n) is 6.97. The molecule has 1 heteroatoms. The minimum Gasteiger partial charge on any atom is -0.295 e. The van der Waals surface area contributed by atoms with Crippen molar-refractivity contribution in [3.8, 4) is 0 Å². The summed E-state index contributed by atoms with van der Waals surface area (Å²) in [5, 5.41) is 0. The third-order valence-corrected chi connectivity index (χ3v) is 3.02. The summed E-state index contributed by atoms with van der Waals surface area (Å²) in [6, 6.07) is 0. The molecule has 2 rings (SSSR count). The van der Waals surface area contributed by atoms with Gasteiger partial charge in [0.2, 0.25) is 0 Å². The van der Waals surface area contributed by atoms with Crippen LogP contribution < -0.4 is 0 Å². The van der Waals surface area contributed by atoms with Crippen LogP contribution in [0.3, 0.4) is 0 Å². The van der Waals surface area contributed by atoms with E-state index in [9.17, 15) is 4.79 Å². The molecule has 0 amide bonds. The van der Waals surface area contributed by atoms with E-state index in [0.29, 0.717) is 11.7 Å². The number of hydrogen-bond donors (Lipinski definition) is 0. The minimum absolute atomic E-state index is 0.299. The molecule has 2 aliphatic carbocycles. The first-order valence-corrected chi connectivity index (χ1v) is 4.51. The first-order valence-electron chi connectivity index (χ1n) is 4.51. The van der Waals surface area contributed by atoms with Gasteiger partial charge in [0.1, 0.15) is 0 Å². The van der Waals surface area contributed by atoms with Crippen LogP contribution in [0.15, 0.2) is 11.6 Å². The van der Waals surface area contributed by atoms with Gasteiger partial charge in [-0.1, -0.05) is 18.9 Å². The minimum atomic E-state index is 0.299. The number of Topliss-reactive ketones (excluding diaryl/α,β-unsaturated/α-hetero) is 1. The predicted molar refractivity (Wildman–Crippen MR) is 44.2 cm³/mol. The van der Waals surface area contributed by atoms with Gasteiger partial charge in [0, 0.05) is 0 Å². The van der Waals surface area contributed by atoms with E-state index in [-0.39, 0.29) is 0 Å². The zero-order chi connectivity index (χ0) is 7.84. The van der Waals surface area contributed by atoms with Crippen molar-refractivity contribution in [1.29, 1.82) is 0 Å². The average Bonchev–Trinajstić information content (AvgIpc) is 1.90. The second kappa shape index (κ2) is 2.47. The largest absolute Gasteiger partial charge is 0.295 e. The van der Waals surface area contributed by atoms with Crippen LogP contribution >= 0.6 is 0 Å².